The van der Waals surface area contributed by atoms with E-state index >= 15 is 0 Å². The molecule has 0 radical (unpaired) electrons. The molecule has 1 heterocycles. The first kappa shape index (κ1) is 20.9. The Hall–Kier alpha value is -1.79. The van der Waals surface area contributed by atoms with Gasteiger partial charge in [0.15, 0.2) is 6.61 Å². The number of carbonyl (C=O) groups excluding carboxylic acids is 1. The zero-order valence-electron chi connectivity index (χ0n) is 15.8. The molecule has 1 saturated heterocycles. The van der Waals surface area contributed by atoms with E-state index in [9.17, 15) is 4.79 Å². The van der Waals surface area contributed by atoms with E-state index in [-0.39, 0.29) is 18.6 Å². The number of nitrogens with one attached hydrogen (secondary N) is 1. The quantitative estimate of drug-likeness (QED) is 0.735. The molecule has 0 aliphatic carbocycles. The van der Waals surface area contributed by atoms with Gasteiger partial charge in [-0.3, -0.25) is 9.69 Å². The lowest BCUT2D eigenvalue weighted by atomic mass is 10.0. The third-order valence-corrected chi connectivity index (χ3v) is 5.41. The first-order chi connectivity index (χ1) is 13.5. The molecule has 2 aromatic carbocycles. The number of ether oxygens (including phenoxy) is 2. The van der Waals surface area contributed by atoms with Crippen LogP contribution < -0.4 is 10.1 Å². The third-order valence-electron chi connectivity index (χ3n) is 4.73. The van der Waals surface area contributed by atoms with Crippen LogP contribution in [-0.4, -0.2) is 50.3 Å². The van der Waals surface area contributed by atoms with Crippen molar-refractivity contribution in [1.82, 2.24) is 10.2 Å². The van der Waals surface area contributed by atoms with E-state index in [0.717, 1.165) is 24.2 Å². The van der Waals surface area contributed by atoms with Gasteiger partial charge in [0.05, 0.1) is 19.3 Å². The molecule has 5 nitrogen and oxygen atoms in total. The Balaban J connectivity index is 1.58. The minimum Gasteiger partial charge on any atom is -0.484 e. The molecule has 1 atom stereocenters. The molecule has 1 aliphatic rings. The molecule has 1 N–H and O–H groups in total. The van der Waals surface area contributed by atoms with Crippen molar-refractivity contribution in [3.63, 3.8) is 0 Å². The summed E-state index contributed by atoms with van der Waals surface area (Å²) in [6, 6.07) is 13.1. The lowest BCUT2D eigenvalue weighted by Crippen LogP contribution is -2.44. The summed E-state index contributed by atoms with van der Waals surface area (Å²) in [5, 5.41) is 4.35. The van der Waals surface area contributed by atoms with Crippen LogP contribution in [0.25, 0.3) is 0 Å². The number of carbonyl (C=O) groups is 1. The van der Waals surface area contributed by atoms with Crippen molar-refractivity contribution in [2.45, 2.75) is 13.0 Å². The van der Waals surface area contributed by atoms with E-state index in [1.165, 1.54) is 0 Å². The van der Waals surface area contributed by atoms with E-state index in [2.05, 4.69) is 10.2 Å². The number of benzene rings is 2. The Morgan fingerprint density at radius 1 is 1.18 bits per heavy atom. The number of hydrogen-bond donors (Lipinski definition) is 1. The van der Waals surface area contributed by atoms with Gasteiger partial charge in [0.1, 0.15) is 5.75 Å². The fourth-order valence-corrected chi connectivity index (χ4v) is 3.39. The second kappa shape index (κ2) is 10.1. The number of morpholine rings is 1. The van der Waals surface area contributed by atoms with Crippen LogP contribution in [0.15, 0.2) is 42.5 Å². The average Bonchev–Trinajstić information content (AvgIpc) is 2.71. The maximum atomic E-state index is 12.3. The molecule has 1 fully saturated rings. The zero-order valence-corrected chi connectivity index (χ0v) is 17.3. The van der Waals surface area contributed by atoms with Crippen molar-refractivity contribution in [2.75, 3.05) is 39.5 Å². The fourth-order valence-electron chi connectivity index (χ4n) is 3.15. The SMILES string of the molecule is Cc1cc(OCC(=O)NC[C@H](c2ccc(Cl)cc2)N2CCOCC2)ccc1Cl. The van der Waals surface area contributed by atoms with Gasteiger partial charge in [0, 0.05) is 29.7 Å². The largest absolute Gasteiger partial charge is 0.484 e. The fraction of sp³-hybridized carbons (Fsp3) is 0.381. The zero-order chi connectivity index (χ0) is 19.9. The van der Waals surface area contributed by atoms with E-state index in [1.807, 2.05) is 37.3 Å². The highest BCUT2D eigenvalue weighted by molar-refractivity contribution is 6.31. The average molecular weight is 423 g/mol. The highest BCUT2D eigenvalue weighted by atomic mass is 35.5. The second-order valence-corrected chi connectivity index (χ2v) is 7.56. The van der Waals surface area contributed by atoms with Gasteiger partial charge in [-0.05, 0) is 48.4 Å². The first-order valence-electron chi connectivity index (χ1n) is 9.26. The van der Waals surface area contributed by atoms with Crippen LogP contribution in [0, 0.1) is 6.92 Å². The van der Waals surface area contributed by atoms with Crippen LogP contribution in [0.1, 0.15) is 17.2 Å². The van der Waals surface area contributed by atoms with Gasteiger partial charge < -0.3 is 14.8 Å². The molecule has 0 saturated carbocycles. The molecular weight excluding hydrogens is 399 g/mol. The van der Waals surface area contributed by atoms with E-state index in [4.69, 9.17) is 32.7 Å². The van der Waals surface area contributed by atoms with Crippen molar-refractivity contribution in [3.05, 3.63) is 63.6 Å². The Labute approximate surface area is 175 Å². The van der Waals surface area contributed by atoms with Crippen LogP contribution in [0.4, 0.5) is 0 Å². The molecule has 0 bridgehead atoms. The number of halogens is 2. The van der Waals surface area contributed by atoms with Crippen molar-refractivity contribution in [2.24, 2.45) is 0 Å². The summed E-state index contributed by atoms with van der Waals surface area (Å²) in [6.45, 7) is 5.37. The summed E-state index contributed by atoms with van der Waals surface area (Å²) in [4.78, 5) is 14.6. The molecule has 0 aromatic heterocycles. The second-order valence-electron chi connectivity index (χ2n) is 6.72. The van der Waals surface area contributed by atoms with Crippen molar-refractivity contribution in [1.29, 1.82) is 0 Å². The van der Waals surface area contributed by atoms with Gasteiger partial charge in [0.25, 0.3) is 5.91 Å². The van der Waals surface area contributed by atoms with Crippen LogP contribution in [0.2, 0.25) is 10.0 Å². The summed E-state index contributed by atoms with van der Waals surface area (Å²) in [7, 11) is 0. The Morgan fingerprint density at radius 2 is 1.89 bits per heavy atom. The van der Waals surface area contributed by atoms with E-state index in [0.29, 0.717) is 35.6 Å². The summed E-state index contributed by atoms with van der Waals surface area (Å²) < 4.78 is 11.0. The van der Waals surface area contributed by atoms with Gasteiger partial charge in [-0.25, -0.2) is 0 Å². The molecule has 150 valence electrons. The van der Waals surface area contributed by atoms with Crippen molar-refractivity contribution < 1.29 is 14.3 Å². The van der Waals surface area contributed by atoms with Crippen molar-refractivity contribution in [3.8, 4) is 5.75 Å². The minimum absolute atomic E-state index is 0.0441. The minimum atomic E-state index is -0.167. The number of aryl methyl sites for hydroxylation is 1. The van der Waals surface area contributed by atoms with E-state index < -0.39 is 0 Å². The molecule has 7 heteroatoms. The third kappa shape index (κ3) is 5.85. The maximum Gasteiger partial charge on any atom is 0.258 e. The smallest absolute Gasteiger partial charge is 0.258 e. The Morgan fingerprint density at radius 3 is 2.57 bits per heavy atom. The van der Waals surface area contributed by atoms with Gasteiger partial charge in [0.2, 0.25) is 0 Å². The highest BCUT2D eigenvalue weighted by Crippen LogP contribution is 2.23. The molecule has 1 amide bonds. The van der Waals surface area contributed by atoms with Crippen LogP contribution >= 0.6 is 23.2 Å². The highest BCUT2D eigenvalue weighted by Gasteiger charge is 2.23. The topological polar surface area (TPSA) is 50.8 Å². The van der Waals surface area contributed by atoms with Gasteiger partial charge >= 0.3 is 0 Å². The maximum absolute atomic E-state index is 12.3. The molecule has 0 unspecified atom stereocenters. The molecule has 3 rings (SSSR count). The molecule has 28 heavy (non-hydrogen) atoms. The van der Waals surface area contributed by atoms with Crippen LogP contribution in [-0.2, 0) is 9.53 Å². The summed E-state index contributed by atoms with van der Waals surface area (Å²) in [5.74, 6) is 0.458. The molecule has 0 spiro atoms. The monoisotopic (exact) mass is 422 g/mol. The van der Waals surface area contributed by atoms with Gasteiger partial charge in [-0.2, -0.15) is 0 Å². The summed E-state index contributed by atoms with van der Waals surface area (Å²) in [6.07, 6.45) is 0. The van der Waals surface area contributed by atoms with Crippen molar-refractivity contribution >= 4 is 29.1 Å². The summed E-state index contributed by atoms with van der Waals surface area (Å²) >= 11 is 12.0. The first-order valence-corrected chi connectivity index (χ1v) is 10.0. The standard InChI is InChI=1S/C21H24Cl2N2O3/c1-15-12-18(6-7-19(15)23)28-14-21(26)24-13-20(25-8-10-27-11-9-25)16-2-4-17(22)5-3-16/h2-7,12,20H,8-11,13-14H2,1H3,(H,24,26)/t20-/m1/s1. The molecule has 1 aliphatic heterocycles. The number of rotatable bonds is 7. The Bertz CT molecular complexity index is 793. The number of nitrogens with zero attached hydrogens (tertiary/aromatic N) is 1. The molecular formula is C21H24Cl2N2O3. The normalized spacial score (nSPS) is 15.8. The van der Waals surface area contributed by atoms with E-state index in [1.54, 1.807) is 12.1 Å². The van der Waals surface area contributed by atoms with Gasteiger partial charge in [-0.1, -0.05) is 35.3 Å². The lowest BCUT2D eigenvalue weighted by molar-refractivity contribution is -0.123. The number of hydrogen-bond acceptors (Lipinski definition) is 4. The predicted octanol–water partition coefficient (Wildman–Crippen LogP) is 3.87. The van der Waals surface area contributed by atoms with Crippen LogP contribution in [0.3, 0.4) is 0 Å². The van der Waals surface area contributed by atoms with Gasteiger partial charge in [-0.15, -0.1) is 0 Å². The predicted molar refractivity (Wildman–Crippen MR) is 111 cm³/mol. The lowest BCUT2D eigenvalue weighted by Gasteiger charge is -2.35. The Kier molecular flexibility index (Phi) is 7.57. The number of amides is 1. The molecule has 2 aromatic rings. The van der Waals surface area contributed by atoms with Crippen LogP contribution in [0.5, 0.6) is 5.75 Å². The summed E-state index contributed by atoms with van der Waals surface area (Å²) in [5.41, 5.74) is 2.02.